The molecule has 0 radical (unpaired) electrons. The molecule has 1 aliphatic heterocycles. The molecule has 1 saturated heterocycles. The van der Waals surface area contributed by atoms with Crippen LogP contribution in [0.15, 0.2) is 11.4 Å². The predicted octanol–water partition coefficient (Wildman–Crippen LogP) is 0.846. The van der Waals surface area contributed by atoms with Gasteiger partial charge in [-0.3, -0.25) is 10.1 Å². The van der Waals surface area contributed by atoms with Crippen molar-refractivity contribution in [1.29, 1.82) is 0 Å². The predicted molar refractivity (Wildman–Crippen MR) is 69.5 cm³/mol. The highest BCUT2D eigenvalue weighted by Crippen LogP contribution is 2.22. The first kappa shape index (κ1) is 13.3. The Morgan fingerprint density at radius 3 is 2.89 bits per heavy atom. The average molecular weight is 283 g/mol. The fourth-order valence-corrected chi connectivity index (χ4v) is 2.53. The number of amides is 3. The van der Waals surface area contributed by atoms with Gasteiger partial charge in [0, 0.05) is 19.0 Å². The molecule has 1 atom stereocenters. The topological polar surface area (TPSA) is 108 Å². The molecule has 0 saturated carbocycles. The van der Waals surface area contributed by atoms with Crippen LogP contribution in [0.1, 0.15) is 23.2 Å². The van der Waals surface area contributed by atoms with Gasteiger partial charge in [0.05, 0.1) is 5.56 Å². The second-order valence-electron chi connectivity index (χ2n) is 4.11. The number of hydrogen-bond donors (Lipinski definition) is 4. The Morgan fingerprint density at radius 1 is 1.47 bits per heavy atom. The van der Waals surface area contributed by atoms with Gasteiger partial charge in [0.25, 0.3) is 0 Å². The molecule has 0 aromatic carbocycles. The smallest absolute Gasteiger partial charge is 0.338 e. The second kappa shape index (κ2) is 5.70. The highest BCUT2D eigenvalue weighted by atomic mass is 32.1. The van der Waals surface area contributed by atoms with E-state index >= 15 is 0 Å². The first-order valence-electron chi connectivity index (χ1n) is 5.71. The molecule has 8 heteroatoms. The molecule has 1 unspecified atom stereocenters. The number of nitrogens with one attached hydrogen (secondary N) is 3. The van der Waals surface area contributed by atoms with Crippen molar-refractivity contribution in [3.05, 3.63) is 17.0 Å². The molecule has 7 nitrogen and oxygen atoms in total. The van der Waals surface area contributed by atoms with E-state index in [1.807, 2.05) is 0 Å². The van der Waals surface area contributed by atoms with Crippen LogP contribution in [0.4, 0.5) is 9.80 Å². The number of carbonyl (C=O) groups is 3. The number of piperidine rings is 1. The van der Waals surface area contributed by atoms with Crippen LogP contribution in [0.3, 0.4) is 0 Å². The lowest BCUT2D eigenvalue weighted by Crippen LogP contribution is -2.48. The van der Waals surface area contributed by atoms with Gasteiger partial charge >= 0.3 is 12.0 Å². The number of anilines is 1. The van der Waals surface area contributed by atoms with Gasteiger partial charge in [-0.1, -0.05) is 0 Å². The summed E-state index contributed by atoms with van der Waals surface area (Å²) in [6, 6.07) is 0.834. The maximum atomic E-state index is 11.7. The number of carboxylic acids is 1. The van der Waals surface area contributed by atoms with E-state index in [0.717, 1.165) is 11.3 Å². The average Bonchev–Trinajstić information content (AvgIpc) is 2.80. The number of carboxylic acid groups (broad SMARTS) is 1. The Balaban J connectivity index is 1.89. The van der Waals surface area contributed by atoms with Gasteiger partial charge in [-0.2, -0.15) is 0 Å². The van der Waals surface area contributed by atoms with Gasteiger partial charge in [-0.05, 0) is 17.9 Å². The van der Waals surface area contributed by atoms with Gasteiger partial charge in [-0.25, -0.2) is 9.59 Å². The molecule has 19 heavy (non-hydrogen) atoms. The van der Waals surface area contributed by atoms with Crippen LogP contribution in [-0.4, -0.2) is 35.6 Å². The highest BCUT2D eigenvalue weighted by Gasteiger charge is 2.20. The zero-order chi connectivity index (χ0) is 13.8. The summed E-state index contributed by atoms with van der Waals surface area (Å²) in [6.07, 6.45) is 0.958. The van der Waals surface area contributed by atoms with Crippen molar-refractivity contribution < 1.29 is 19.5 Å². The second-order valence-corrected chi connectivity index (χ2v) is 5.02. The van der Waals surface area contributed by atoms with Crippen LogP contribution < -0.4 is 16.0 Å². The minimum atomic E-state index is -1.08. The lowest BCUT2D eigenvalue weighted by Gasteiger charge is -2.23. The van der Waals surface area contributed by atoms with Crippen LogP contribution in [-0.2, 0) is 4.79 Å². The number of rotatable bonds is 3. The van der Waals surface area contributed by atoms with E-state index in [2.05, 4.69) is 16.0 Å². The summed E-state index contributed by atoms with van der Waals surface area (Å²) in [4.78, 5) is 33.6. The van der Waals surface area contributed by atoms with Crippen molar-refractivity contribution >= 4 is 34.2 Å². The van der Waals surface area contributed by atoms with Crippen molar-refractivity contribution in [3.63, 3.8) is 0 Å². The molecule has 3 amide bonds. The Labute approximate surface area is 113 Å². The van der Waals surface area contributed by atoms with E-state index < -0.39 is 12.0 Å². The Hall–Kier alpha value is -2.09. The molecule has 0 aliphatic carbocycles. The lowest BCUT2D eigenvalue weighted by atomic mass is 10.1. The number of thiophene rings is 1. The summed E-state index contributed by atoms with van der Waals surface area (Å²) in [5.74, 6) is -1.11. The molecular formula is C11H13N3O4S. The van der Waals surface area contributed by atoms with Crippen LogP contribution in [0, 0.1) is 0 Å². The van der Waals surface area contributed by atoms with Gasteiger partial charge in [0.2, 0.25) is 5.91 Å². The standard InChI is InChI=1S/C11H13N3O4S/c15-8-2-1-6(5-12-8)13-11(18)14-9-7(10(16)17)3-4-19-9/h3-4,6H,1-2,5H2,(H,12,15)(H,16,17)(H2,13,14,18). The molecular weight excluding hydrogens is 270 g/mol. The molecule has 4 N–H and O–H groups in total. The van der Waals surface area contributed by atoms with E-state index in [1.165, 1.54) is 6.07 Å². The zero-order valence-electron chi connectivity index (χ0n) is 9.93. The minimum Gasteiger partial charge on any atom is -0.478 e. The Bertz CT molecular complexity index is 504. The van der Waals surface area contributed by atoms with Gasteiger partial charge in [-0.15, -0.1) is 11.3 Å². The third-order valence-corrected chi connectivity index (χ3v) is 3.55. The number of carbonyl (C=O) groups excluding carboxylic acids is 2. The van der Waals surface area contributed by atoms with Crippen molar-refractivity contribution in [2.45, 2.75) is 18.9 Å². The molecule has 2 rings (SSSR count). The summed E-state index contributed by atoms with van der Waals surface area (Å²) >= 11 is 1.15. The minimum absolute atomic E-state index is 0.0233. The van der Waals surface area contributed by atoms with Crippen molar-refractivity contribution in [2.24, 2.45) is 0 Å². The van der Waals surface area contributed by atoms with Gasteiger partial charge in [0.1, 0.15) is 5.00 Å². The van der Waals surface area contributed by atoms with Gasteiger partial charge < -0.3 is 15.7 Å². The highest BCUT2D eigenvalue weighted by molar-refractivity contribution is 7.14. The monoisotopic (exact) mass is 283 g/mol. The van der Waals surface area contributed by atoms with E-state index in [1.54, 1.807) is 5.38 Å². The molecule has 1 aromatic heterocycles. The number of hydrogen-bond acceptors (Lipinski definition) is 4. The van der Waals surface area contributed by atoms with Crippen LogP contribution in [0.5, 0.6) is 0 Å². The normalized spacial score (nSPS) is 18.5. The SMILES string of the molecule is O=C1CCC(NC(=O)Nc2sccc2C(=O)O)CN1. The van der Waals surface area contributed by atoms with E-state index in [4.69, 9.17) is 5.11 Å². The zero-order valence-corrected chi connectivity index (χ0v) is 10.8. The maximum absolute atomic E-state index is 11.7. The number of urea groups is 1. The third-order valence-electron chi connectivity index (χ3n) is 2.72. The summed E-state index contributed by atoms with van der Waals surface area (Å²) in [5, 5.41) is 18.6. The molecule has 1 aromatic rings. The van der Waals surface area contributed by atoms with Crippen LogP contribution >= 0.6 is 11.3 Å². The molecule has 0 spiro atoms. The molecule has 102 valence electrons. The number of aromatic carboxylic acids is 1. The summed E-state index contributed by atoms with van der Waals surface area (Å²) < 4.78 is 0. The molecule has 1 aliphatic rings. The van der Waals surface area contributed by atoms with Crippen LogP contribution in [0.25, 0.3) is 0 Å². The molecule has 0 bridgehead atoms. The van der Waals surface area contributed by atoms with Crippen molar-refractivity contribution in [2.75, 3.05) is 11.9 Å². The third kappa shape index (κ3) is 3.44. The van der Waals surface area contributed by atoms with E-state index in [-0.39, 0.29) is 17.5 Å². The maximum Gasteiger partial charge on any atom is 0.338 e. The first-order chi connectivity index (χ1) is 9.06. The quantitative estimate of drug-likeness (QED) is 0.659. The summed E-state index contributed by atoms with van der Waals surface area (Å²) in [7, 11) is 0. The van der Waals surface area contributed by atoms with Crippen LogP contribution in [0.2, 0.25) is 0 Å². The summed E-state index contributed by atoms with van der Waals surface area (Å²) in [5.41, 5.74) is 0.0668. The fourth-order valence-electron chi connectivity index (χ4n) is 1.76. The van der Waals surface area contributed by atoms with Crippen molar-refractivity contribution in [1.82, 2.24) is 10.6 Å². The van der Waals surface area contributed by atoms with Gasteiger partial charge in [0.15, 0.2) is 0 Å². The van der Waals surface area contributed by atoms with Crippen molar-refractivity contribution in [3.8, 4) is 0 Å². The Morgan fingerprint density at radius 2 is 2.26 bits per heavy atom. The Kier molecular flexibility index (Phi) is 4.00. The van der Waals surface area contributed by atoms with E-state index in [9.17, 15) is 14.4 Å². The fraction of sp³-hybridized carbons (Fsp3) is 0.364. The largest absolute Gasteiger partial charge is 0.478 e. The summed E-state index contributed by atoms with van der Waals surface area (Å²) in [6.45, 7) is 0.391. The first-order valence-corrected chi connectivity index (χ1v) is 6.59. The van der Waals surface area contributed by atoms with E-state index in [0.29, 0.717) is 24.4 Å². The lowest BCUT2D eigenvalue weighted by molar-refractivity contribution is -0.122. The molecule has 1 fully saturated rings. The molecule has 2 heterocycles.